The predicted molar refractivity (Wildman–Crippen MR) is 84.9 cm³/mol. The van der Waals surface area contributed by atoms with Crippen LogP contribution in [0.25, 0.3) is 0 Å². The fourth-order valence-corrected chi connectivity index (χ4v) is 2.12. The Morgan fingerprint density at radius 1 is 0.750 bits per heavy atom. The van der Waals surface area contributed by atoms with Gasteiger partial charge in [0.05, 0.1) is 25.3 Å². The van der Waals surface area contributed by atoms with Crippen molar-refractivity contribution in [2.45, 2.75) is 6.10 Å². The maximum absolute atomic E-state index is 12.3. The Morgan fingerprint density at radius 2 is 1.12 bits per heavy atom. The number of ketones is 1. The number of carbonyl (C=O) groups is 3. The van der Waals surface area contributed by atoms with E-state index in [1.807, 2.05) is 0 Å². The highest BCUT2D eigenvalue weighted by Gasteiger charge is 2.20. The van der Waals surface area contributed by atoms with Crippen LogP contribution in [0.3, 0.4) is 0 Å². The minimum atomic E-state index is -1.37. The van der Waals surface area contributed by atoms with Crippen LogP contribution in [0.4, 0.5) is 0 Å². The highest BCUT2D eigenvalue weighted by atomic mass is 16.5. The molecule has 0 amide bonds. The smallest absolute Gasteiger partial charge is 0.337 e. The van der Waals surface area contributed by atoms with Crippen LogP contribution in [0.5, 0.6) is 0 Å². The van der Waals surface area contributed by atoms with Gasteiger partial charge in [0, 0.05) is 5.56 Å². The van der Waals surface area contributed by atoms with Crippen molar-refractivity contribution in [3.63, 3.8) is 0 Å². The number of carbonyl (C=O) groups excluding carboxylic acids is 3. The second-order valence-electron chi connectivity index (χ2n) is 4.95. The Morgan fingerprint density at radius 3 is 1.54 bits per heavy atom. The summed E-state index contributed by atoms with van der Waals surface area (Å²) in [6, 6.07) is 11.7. The summed E-state index contributed by atoms with van der Waals surface area (Å²) in [6.45, 7) is 0. The molecule has 1 N–H and O–H groups in total. The van der Waals surface area contributed by atoms with E-state index in [0.717, 1.165) is 0 Å². The summed E-state index contributed by atoms with van der Waals surface area (Å²) >= 11 is 0. The largest absolute Gasteiger partial charge is 0.465 e. The molecule has 124 valence electrons. The third-order valence-electron chi connectivity index (χ3n) is 3.49. The summed E-state index contributed by atoms with van der Waals surface area (Å²) < 4.78 is 9.17. The van der Waals surface area contributed by atoms with Crippen molar-refractivity contribution in [1.29, 1.82) is 0 Å². The SMILES string of the molecule is COC(=O)c1ccc(C(=O)C(O)c2ccc(C(=O)OC)cc2)cc1. The number of Topliss-reactive ketones (excluding diaryl/α,β-unsaturated/α-hetero) is 1. The molecular weight excluding hydrogens is 312 g/mol. The number of methoxy groups -OCH3 is 2. The van der Waals surface area contributed by atoms with Crippen LogP contribution in [-0.4, -0.2) is 37.0 Å². The number of ether oxygens (including phenoxy) is 2. The summed E-state index contributed by atoms with van der Waals surface area (Å²) in [5.41, 5.74) is 1.24. The van der Waals surface area contributed by atoms with Crippen molar-refractivity contribution in [3.8, 4) is 0 Å². The lowest BCUT2D eigenvalue weighted by molar-refractivity contribution is 0.0591. The number of rotatable bonds is 5. The summed E-state index contributed by atoms with van der Waals surface area (Å²) in [4.78, 5) is 35.1. The Balaban J connectivity index is 2.17. The van der Waals surface area contributed by atoms with E-state index in [9.17, 15) is 19.5 Å². The van der Waals surface area contributed by atoms with Crippen LogP contribution in [0.2, 0.25) is 0 Å². The minimum absolute atomic E-state index is 0.257. The second-order valence-corrected chi connectivity index (χ2v) is 4.95. The van der Waals surface area contributed by atoms with Gasteiger partial charge in [0.1, 0.15) is 6.10 Å². The van der Waals surface area contributed by atoms with Gasteiger partial charge < -0.3 is 14.6 Å². The highest BCUT2D eigenvalue weighted by Crippen LogP contribution is 2.20. The molecule has 2 aromatic rings. The summed E-state index contributed by atoms with van der Waals surface area (Å²) in [5.74, 6) is -1.52. The van der Waals surface area contributed by atoms with Crippen molar-refractivity contribution in [2.75, 3.05) is 14.2 Å². The van der Waals surface area contributed by atoms with Crippen molar-refractivity contribution in [2.24, 2.45) is 0 Å². The van der Waals surface area contributed by atoms with E-state index >= 15 is 0 Å². The van der Waals surface area contributed by atoms with E-state index in [4.69, 9.17) is 0 Å². The van der Waals surface area contributed by atoms with Crippen LogP contribution < -0.4 is 0 Å². The molecule has 1 atom stereocenters. The highest BCUT2D eigenvalue weighted by molar-refractivity contribution is 6.01. The summed E-state index contributed by atoms with van der Waals surface area (Å²) in [6.07, 6.45) is -1.37. The molecule has 0 fully saturated rings. The first-order valence-electron chi connectivity index (χ1n) is 7.07. The molecule has 0 aliphatic rings. The Hall–Kier alpha value is -2.99. The molecule has 0 spiro atoms. The Labute approximate surface area is 138 Å². The average molecular weight is 328 g/mol. The first kappa shape index (κ1) is 17.4. The molecule has 2 aromatic carbocycles. The van der Waals surface area contributed by atoms with Crippen molar-refractivity contribution < 1.29 is 29.0 Å². The normalized spacial score (nSPS) is 11.5. The topological polar surface area (TPSA) is 89.9 Å². The van der Waals surface area contributed by atoms with Gasteiger partial charge in [0.2, 0.25) is 0 Å². The fourth-order valence-electron chi connectivity index (χ4n) is 2.12. The molecule has 0 aliphatic carbocycles. The van der Waals surface area contributed by atoms with E-state index < -0.39 is 23.8 Å². The Bertz CT molecular complexity index is 746. The maximum atomic E-state index is 12.3. The van der Waals surface area contributed by atoms with Gasteiger partial charge in [-0.25, -0.2) is 9.59 Å². The van der Waals surface area contributed by atoms with Gasteiger partial charge in [-0.2, -0.15) is 0 Å². The number of aliphatic hydroxyl groups is 1. The molecule has 2 rings (SSSR count). The lowest BCUT2D eigenvalue weighted by Crippen LogP contribution is -2.13. The Kier molecular flexibility index (Phi) is 5.44. The lowest BCUT2D eigenvalue weighted by Gasteiger charge is -2.11. The molecule has 0 saturated carbocycles. The molecule has 0 saturated heterocycles. The first-order chi connectivity index (χ1) is 11.5. The van der Waals surface area contributed by atoms with Crippen LogP contribution in [0.15, 0.2) is 48.5 Å². The lowest BCUT2D eigenvalue weighted by atomic mass is 9.98. The summed E-state index contributed by atoms with van der Waals surface area (Å²) in [7, 11) is 2.54. The van der Waals surface area contributed by atoms with E-state index in [-0.39, 0.29) is 5.56 Å². The monoisotopic (exact) mass is 328 g/mol. The number of esters is 2. The molecule has 0 heterocycles. The van der Waals surface area contributed by atoms with Gasteiger partial charge in [-0.05, 0) is 29.8 Å². The van der Waals surface area contributed by atoms with Gasteiger partial charge in [-0.1, -0.05) is 24.3 Å². The fraction of sp³-hybridized carbons (Fsp3) is 0.167. The predicted octanol–water partition coefficient (Wildman–Crippen LogP) is 2.18. The van der Waals surface area contributed by atoms with Crippen LogP contribution in [0.1, 0.15) is 42.7 Å². The molecule has 6 nitrogen and oxygen atoms in total. The molecular formula is C18H16O6. The zero-order chi connectivity index (χ0) is 17.7. The molecule has 0 bridgehead atoms. The molecule has 0 radical (unpaired) electrons. The van der Waals surface area contributed by atoms with Crippen LogP contribution >= 0.6 is 0 Å². The summed E-state index contributed by atoms with van der Waals surface area (Å²) in [5, 5.41) is 10.2. The van der Waals surface area contributed by atoms with Gasteiger partial charge in [0.25, 0.3) is 0 Å². The number of hydrogen-bond acceptors (Lipinski definition) is 6. The average Bonchev–Trinajstić information content (AvgIpc) is 2.65. The molecule has 0 aromatic heterocycles. The number of aliphatic hydroxyl groups excluding tert-OH is 1. The van der Waals surface area contributed by atoms with Crippen molar-refractivity contribution in [3.05, 3.63) is 70.8 Å². The molecule has 6 heteroatoms. The third kappa shape index (κ3) is 3.67. The van der Waals surface area contributed by atoms with E-state index in [2.05, 4.69) is 9.47 Å². The van der Waals surface area contributed by atoms with Crippen LogP contribution in [-0.2, 0) is 9.47 Å². The maximum Gasteiger partial charge on any atom is 0.337 e. The van der Waals surface area contributed by atoms with Crippen molar-refractivity contribution in [1.82, 2.24) is 0 Å². The van der Waals surface area contributed by atoms with E-state index in [0.29, 0.717) is 16.7 Å². The van der Waals surface area contributed by atoms with Gasteiger partial charge in [-0.15, -0.1) is 0 Å². The number of benzene rings is 2. The third-order valence-corrected chi connectivity index (χ3v) is 3.49. The van der Waals surface area contributed by atoms with Gasteiger partial charge in [-0.3, -0.25) is 4.79 Å². The molecule has 0 aliphatic heterocycles. The first-order valence-corrected chi connectivity index (χ1v) is 7.07. The van der Waals surface area contributed by atoms with E-state index in [1.165, 1.54) is 62.8 Å². The minimum Gasteiger partial charge on any atom is -0.465 e. The zero-order valence-corrected chi connectivity index (χ0v) is 13.2. The second kappa shape index (κ2) is 7.52. The van der Waals surface area contributed by atoms with Crippen LogP contribution in [0, 0.1) is 0 Å². The number of hydrogen-bond donors (Lipinski definition) is 1. The van der Waals surface area contributed by atoms with Gasteiger partial charge >= 0.3 is 11.9 Å². The molecule has 24 heavy (non-hydrogen) atoms. The quantitative estimate of drug-likeness (QED) is 0.668. The van der Waals surface area contributed by atoms with Crippen molar-refractivity contribution >= 4 is 17.7 Å². The van der Waals surface area contributed by atoms with E-state index in [1.54, 1.807) is 0 Å². The van der Waals surface area contributed by atoms with Gasteiger partial charge in [0.15, 0.2) is 5.78 Å². The molecule has 1 unspecified atom stereocenters. The standard InChI is InChI=1S/C18H16O6/c1-23-17(21)13-7-3-11(4-8-13)15(19)16(20)12-5-9-14(10-6-12)18(22)24-2/h3-10,15,19H,1-2H3. The zero-order valence-electron chi connectivity index (χ0n) is 13.2.